The van der Waals surface area contributed by atoms with Crippen molar-refractivity contribution in [3.05, 3.63) is 40.8 Å². The zero-order valence-corrected chi connectivity index (χ0v) is 20.7. The zero-order chi connectivity index (χ0) is 23.3. The Morgan fingerprint density at radius 1 is 1.03 bits per heavy atom. The number of hydrogen-bond donors (Lipinski definition) is 1. The van der Waals surface area contributed by atoms with Gasteiger partial charge in [0.1, 0.15) is 10.6 Å². The third-order valence-electron chi connectivity index (χ3n) is 5.86. The summed E-state index contributed by atoms with van der Waals surface area (Å²) in [6.45, 7) is 15.8. The van der Waals surface area contributed by atoms with Crippen molar-refractivity contribution in [1.82, 2.24) is 9.80 Å². The fourth-order valence-corrected chi connectivity index (χ4v) is 4.82. The van der Waals surface area contributed by atoms with Crippen molar-refractivity contribution < 1.29 is 14.3 Å². The van der Waals surface area contributed by atoms with Crippen LogP contribution in [0.4, 0.5) is 5.00 Å². The highest BCUT2D eigenvalue weighted by atomic mass is 32.1. The molecule has 1 aromatic heterocycles. The molecule has 1 aliphatic heterocycles. The van der Waals surface area contributed by atoms with Crippen LogP contribution in [0.5, 0.6) is 0 Å². The molecule has 1 N–H and O–H groups in total. The predicted octanol–water partition coefficient (Wildman–Crippen LogP) is 4.47. The third-order valence-corrected chi connectivity index (χ3v) is 6.76. The maximum Gasteiger partial charge on any atom is 0.341 e. The van der Waals surface area contributed by atoms with Crippen LogP contribution in [-0.4, -0.2) is 67.6 Å². The monoisotopic (exact) mass is 457 g/mol. The highest BCUT2D eigenvalue weighted by Gasteiger charge is 2.24. The molecule has 1 saturated heterocycles. The van der Waals surface area contributed by atoms with E-state index in [1.165, 1.54) is 16.9 Å². The lowest BCUT2D eigenvalue weighted by Gasteiger charge is -2.33. The second kappa shape index (κ2) is 10.6. The molecule has 0 atom stereocenters. The van der Waals surface area contributed by atoms with Gasteiger partial charge in [-0.25, -0.2) is 4.79 Å². The Bertz CT molecular complexity index is 923. The second-order valence-electron chi connectivity index (χ2n) is 9.16. The maximum atomic E-state index is 12.8. The summed E-state index contributed by atoms with van der Waals surface area (Å²) < 4.78 is 5.32. The molecule has 1 amide bonds. The van der Waals surface area contributed by atoms with Gasteiger partial charge in [0.05, 0.1) is 13.2 Å². The van der Waals surface area contributed by atoms with Gasteiger partial charge in [-0.3, -0.25) is 9.69 Å². The fourth-order valence-electron chi connectivity index (χ4n) is 3.85. The van der Waals surface area contributed by atoms with Crippen molar-refractivity contribution in [2.45, 2.75) is 40.0 Å². The Kier molecular flexibility index (Phi) is 8.09. The first-order valence-corrected chi connectivity index (χ1v) is 12.2. The Balaban J connectivity index is 1.78. The molecular formula is C25H35N3O3S. The van der Waals surface area contributed by atoms with E-state index in [0.717, 1.165) is 43.9 Å². The number of benzene rings is 1. The number of thiophene rings is 1. The first-order valence-electron chi connectivity index (χ1n) is 11.4. The number of piperazine rings is 1. The average molecular weight is 458 g/mol. The number of likely N-dealkylation sites (N-methyl/N-ethyl adjacent to an activating group) is 1. The van der Waals surface area contributed by atoms with Crippen LogP contribution in [0.2, 0.25) is 0 Å². The van der Waals surface area contributed by atoms with Crippen molar-refractivity contribution in [2.75, 3.05) is 51.2 Å². The fraction of sp³-hybridized carbons (Fsp3) is 0.520. The van der Waals surface area contributed by atoms with Gasteiger partial charge >= 0.3 is 5.97 Å². The van der Waals surface area contributed by atoms with Gasteiger partial charge in [-0.15, -0.1) is 11.3 Å². The van der Waals surface area contributed by atoms with Crippen molar-refractivity contribution in [2.24, 2.45) is 0 Å². The average Bonchev–Trinajstić information content (AvgIpc) is 3.17. The minimum atomic E-state index is -0.407. The molecule has 2 heterocycles. The van der Waals surface area contributed by atoms with Crippen LogP contribution in [0.3, 0.4) is 0 Å². The molecule has 1 fully saturated rings. The molecule has 0 bridgehead atoms. The van der Waals surface area contributed by atoms with E-state index < -0.39 is 5.97 Å². The molecule has 1 aliphatic rings. The van der Waals surface area contributed by atoms with Crippen molar-refractivity contribution in [3.63, 3.8) is 0 Å². The van der Waals surface area contributed by atoms with Crippen LogP contribution in [0.15, 0.2) is 29.6 Å². The summed E-state index contributed by atoms with van der Waals surface area (Å²) in [7, 11) is 0. The molecule has 2 aromatic rings. The lowest BCUT2D eigenvalue weighted by Crippen LogP contribution is -2.48. The van der Waals surface area contributed by atoms with Crippen LogP contribution in [-0.2, 0) is 14.9 Å². The lowest BCUT2D eigenvalue weighted by atomic mass is 9.86. The smallest absolute Gasteiger partial charge is 0.341 e. The van der Waals surface area contributed by atoms with E-state index in [2.05, 4.69) is 54.9 Å². The number of carbonyl (C=O) groups is 2. The number of esters is 1. The van der Waals surface area contributed by atoms with Gasteiger partial charge in [0.2, 0.25) is 5.91 Å². The molecule has 1 aromatic carbocycles. The zero-order valence-electron chi connectivity index (χ0n) is 19.9. The minimum absolute atomic E-state index is 0.0545. The summed E-state index contributed by atoms with van der Waals surface area (Å²) in [5.74, 6) is -0.507. The Labute approximate surface area is 195 Å². The Hall–Kier alpha value is -2.22. The first-order chi connectivity index (χ1) is 15.2. The van der Waals surface area contributed by atoms with E-state index in [1.54, 1.807) is 6.92 Å². The standard InChI is InChI=1S/C25H35N3O3S/c1-6-27-12-14-28(15-13-27)16-21(29)26-23-22(24(30)31-7-2)20(17-32-23)18-8-10-19(11-9-18)25(3,4)5/h8-11,17H,6-7,12-16H2,1-5H3,(H,26,29). The van der Waals surface area contributed by atoms with E-state index in [9.17, 15) is 9.59 Å². The molecular weight excluding hydrogens is 422 g/mol. The summed E-state index contributed by atoms with van der Waals surface area (Å²) in [6.07, 6.45) is 0. The quantitative estimate of drug-likeness (QED) is 0.622. The number of ether oxygens (including phenoxy) is 1. The number of anilines is 1. The van der Waals surface area contributed by atoms with E-state index in [0.29, 0.717) is 17.1 Å². The second-order valence-corrected chi connectivity index (χ2v) is 10.0. The van der Waals surface area contributed by atoms with E-state index in [1.807, 2.05) is 17.5 Å². The summed E-state index contributed by atoms with van der Waals surface area (Å²) in [5.41, 5.74) is 3.45. The van der Waals surface area contributed by atoms with E-state index >= 15 is 0 Å². The third kappa shape index (κ3) is 5.97. The summed E-state index contributed by atoms with van der Waals surface area (Å²) in [6, 6.07) is 8.25. The topological polar surface area (TPSA) is 61.9 Å². The molecule has 0 radical (unpaired) electrons. The van der Waals surface area contributed by atoms with Gasteiger partial charge in [-0.05, 0) is 30.0 Å². The molecule has 0 unspecified atom stereocenters. The van der Waals surface area contributed by atoms with Gasteiger partial charge in [0.15, 0.2) is 0 Å². The maximum absolute atomic E-state index is 12.8. The molecule has 174 valence electrons. The van der Waals surface area contributed by atoms with Gasteiger partial charge in [-0.1, -0.05) is 52.0 Å². The van der Waals surface area contributed by atoms with Crippen LogP contribution in [0.1, 0.15) is 50.5 Å². The first kappa shape index (κ1) is 24.4. The molecule has 3 rings (SSSR count). The molecule has 0 aliphatic carbocycles. The van der Waals surface area contributed by atoms with Gasteiger partial charge in [-0.2, -0.15) is 0 Å². The Morgan fingerprint density at radius 3 is 2.22 bits per heavy atom. The minimum Gasteiger partial charge on any atom is -0.462 e. The van der Waals surface area contributed by atoms with Crippen molar-refractivity contribution in [1.29, 1.82) is 0 Å². The summed E-state index contributed by atoms with van der Waals surface area (Å²) in [5, 5.41) is 5.45. The van der Waals surface area contributed by atoms with E-state index in [-0.39, 0.29) is 17.9 Å². The normalized spacial score (nSPS) is 15.5. The van der Waals surface area contributed by atoms with Crippen molar-refractivity contribution in [3.8, 4) is 11.1 Å². The number of hydrogen-bond acceptors (Lipinski definition) is 6. The van der Waals surface area contributed by atoms with Gasteiger partial charge in [0, 0.05) is 37.1 Å². The number of nitrogens with one attached hydrogen (secondary N) is 1. The van der Waals surface area contributed by atoms with Crippen LogP contribution in [0, 0.1) is 0 Å². The SMILES string of the molecule is CCOC(=O)c1c(-c2ccc(C(C)(C)C)cc2)csc1NC(=O)CN1CCN(CC)CC1. The lowest BCUT2D eigenvalue weighted by molar-refractivity contribution is -0.117. The number of amides is 1. The molecule has 6 nitrogen and oxygen atoms in total. The molecule has 0 saturated carbocycles. The van der Waals surface area contributed by atoms with Crippen LogP contribution >= 0.6 is 11.3 Å². The largest absolute Gasteiger partial charge is 0.462 e. The predicted molar refractivity (Wildman–Crippen MR) is 132 cm³/mol. The van der Waals surface area contributed by atoms with Crippen LogP contribution in [0.25, 0.3) is 11.1 Å². The van der Waals surface area contributed by atoms with Gasteiger partial charge in [0.25, 0.3) is 0 Å². The van der Waals surface area contributed by atoms with Gasteiger partial charge < -0.3 is 15.0 Å². The number of rotatable bonds is 7. The summed E-state index contributed by atoms with van der Waals surface area (Å²) in [4.78, 5) is 30.1. The highest BCUT2D eigenvalue weighted by molar-refractivity contribution is 7.15. The van der Waals surface area contributed by atoms with Crippen LogP contribution < -0.4 is 5.32 Å². The van der Waals surface area contributed by atoms with E-state index in [4.69, 9.17) is 4.74 Å². The number of nitrogens with zero attached hydrogens (tertiary/aromatic N) is 2. The molecule has 7 heteroatoms. The molecule has 0 spiro atoms. The Morgan fingerprint density at radius 2 is 1.66 bits per heavy atom. The molecule has 32 heavy (non-hydrogen) atoms. The number of carbonyl (C=O) groups excluding carboxylic acids is 2. The summed E-state index contributed by atoms with van der Waals surface area (Å²) >= 11 is 1.37. The highest BCUT2D eigenvalue weighted by Crippen LogP contribution is 2.37. The van der Waals surface area contributed by atoms with Crippen molar-refractivity contribution >= 4 is 28.2 Å².